The van der Waals surface area contributed by atoms with Crippen LogP contribution in [-0.4, -0.2) is 19.2 Å². The number of nitrogens with one attached hydrogen (secondary N) is 1. The molecule has 108 valence electrons. The topological polar surface area (TPSA) is 73.7 Å². The molecule has 0 atom stereocenters. The van der Waals surface area contributed by atoms with Crippen molar-refractivity contribution >= 4 is 22.1 Å². The molecule has 0 aliphatic carbocycles. The van der Waals surface area contributed by atoms with Gasteiger partial charge in [0.25, 0.3) is 0 Å². The fraction of sp³-hybridized carbons (Fsp3) is 0.200. The van der Waals surface area contributed by atoms with Crippen LogP contribution in [0.1, 0.15) is 18.1 Å². The number of sulfone groups is 1. The van der Waals surface area contributed by atoms with E-state index >= 15 is 0 Å². The molecule has 0 bridgehead atoms. The summed E-state index contributed by atoms with van der Waals surface area (Å²) in [5, 5.41) is 9.35. The van der Waals surface area contributed by atoms with Crippen molar-refractivity contribution in [3.05, 3.63) is 46.2 Å². The predicted molar refractivity (Wildman–Crippen MR) is 84.2 cm³/mol. The van der Waals surface area contributed by atoms with Crippen molar-refractivity contribution in [3.63, 3.8) is 0 Å². The Kier molecular flexibility index (Phi) is 4.26. The molecule has 0 amide bonds. The predicted octanol–water partition coefficient (Wildman–Crippen LogP) is 3.38. The summed E-state index contributed by atoms with van der Waals surface area (Å²) < 4.78 is 24.8. The highest BCUT2D eigenvalue weighted by atomic mass is 32.2. The maximum atomic E-state index is 12.3. The summed E-state index contributed by atoms with van der Waals surface area (Å²) in [6, 6.07) is 9.36. The van der Waals surface area contributed by atoms with Crippen molar-refractivity contribution < 1.29 is 8.42 Å². The summed E-state index contributed by atoms with van der Waals surface area (Å²) in [4.78, 5) is 2.80. The minimum Gasteiger partial charge on any atom is -0.350 e. The molecular weight excluding hydrogens is 304 g/mol. The lowest BCUT2D eigenvalue weighted by Gasteiger charge is -2.12. The molecule has 0 saturated carbocycles. The number of aromatic nitrogens is 1. The minimum atomic E-state index is -3.47. The number of hydrogen-bond donors (Lipinski definition) is 1. The van der Waals surface area contributed by atoms with E-state index in [1.165, 1.54) is 6.20 Å². The Bertz CT molecular complexity index is 873. The van der Waals surface area contributed by atoms with Crippen LogP contribution in [0.15, 0.2) is 35.4 Å². The van der Waals surface area contributed by atoms with Gasteiger partial charge in [0.2, 0.25) is 0 Å². The van der Waals surface area contributed by atoms with Crippen LogP contribution in [0.2, 0.25) is 0 Å². The second kappa shape index (κ2) is 5.80. The van der Waals surface area contributed by atoms with E-state index in [4.69, 9.17) is 12.2 Å². The molecule has 1 N–H and O–H groups in total. The van der Waals surface area contributed by atoms with Gasteiger partial charge in [-0.3, -0.25) is 0 Å². The van der Waals surface area contributed by atoms with Gasteiger partial charge in [0.15, 0.2) is 9.84 Å². The molecule has 1 aromatic heterocycles. The van der Waals surface area contributed by atoms with E-state index < -0.39 is 9.84 Å². The molecule has 0 unspecified atom stereocenters. The van der Waals surface area contributed by atoms with Crippen LogP contribution in [0.25, 0.3) is 11.1 Å². The molecule has 1 heterocycles. The third-order valence-electron chi connectivity index (χ3n) is 3.22. The lowest BCUT2D eigenvalue weighted by Crippen LogP contribution is -2.08. The molecule has 6 heteroatoms. The highest BCUT2D eigenvalue weighted by Crippen LogP contribution is 2.31. The van der Waals surface area contributed by atoms with E-state index in [0.29, 0.717) is 11.1 Å². The number of pyridine rings is 1. The SMILES string of the molecule is CCS(=O)(=O)c1c[nH]c(=S)c(C#N)c1-c1ccc(C)cc1. The summed E-state index contributed by atoms with van der Waals surface area (Å²) >= 11 is 5.11. The number of benzene rings is 1. The molecule has 21 heavy (non-hydrogen) atoms. The van der Waals surface area contributed by atoms with Gasteiger partial charge in [-0.15, -0.1) is 0 Å². The van der Waals surface area contributed by atoms with E-state index in [1.807, 2.05) is 25.1 Å². The highest BCUT2D eigenvalue weighted by Gasteiger charge is 2.21. The Morgan fingerprint density at radius 3 is 2.43 bits per heavy atom. The molecule has 0 saturated heterocycles. The molecule has 0 fully saturated rings. The number of aromatic amines is 1. The Labute approximate surface area is 129 Å². The normalized spacial score (nSPS) is 11.1. The fourth-order valence-electron chi connectivity index (χ4n) is 2.03. The minimum absolute atomic E-state index is 0.0403. The Hall–Kier alpha value is -1.97. The van der Waals surface area contributed by atoms with E-state index in [2.05, 4.69) is 4.98 Å². The van der Waals surface area contributed by atoms with E-state index in [0.717, 1.165) is 5.56 Å². The standard InChI is InChI=1S/C15H14N2O2S2/c1-3-21(18,19)13-9-17-15(20)12(8-16)14(13)11-6-4-10(2)5-7-11/h4-7,9H,3H2,1-2H3,(H,17,20). The lowest BCUT2D eigenvalue weighted by molar-refractivity contribution is 0.597. The molecule has 1 aromatic carbocycles. The first-order chi connectivity index (χ1) is 9.90. The zero-order valence-corrected chi connectivity index (χ0v) is 13.3. The van der Waals surface area contributed by atoms with E-state index in [9.17, 15) is 13.7 Å². The van der Waals surface area contributed by atoms with Gasteiger partial charge < -0.3 is 4.98 Å². The van der Waals surface area contributed by atoms with Crippen molar-refractivity contribution in [2.24, 2.45) is 0 Å². The zero-order valence-electron chi connectivity index (χ0n) is 11.7. The number of aryl methyl sites for hydroxylation is 1. The summed E-state index contributed by atoms with van der Waals surface area (Å²) in [5.74, 6) is -0.0403. The summed E-state index contributed by atoms with van der Waals surface area (Å²) in [7, 11) is -3.47. The van der Waals surface area contributed by atoms with Crippen LogP contribution in [-0.2, 0) is 9.84 Å². The largest absolute Gasteiger partial charge is 0.350 e. The second-order valence-corrected chi connectivity index (χ2v) is 7.27. The molecule has 0 aliphatic rings. The molecule has 0 radical (unpaired) electrons. The Morgan fingerprint density at radius 1 is 1.29 bits per heavy atom. The van der Waals surface area contributed by atoms with Gasteiger partial charge in [0.1, 0.15) is 10.7 Å². The average molecular weight is 318 g/mol. The Morgan fingerprint density at radius 2 is 1.90 bits per heavy atom. The third-order valence-corrected chi connectivity index (χ3v) is 5.30. The van der Waals surface area contributed by atoms with E-state index in [1.54, 1.807) is 19.1 Å². The highest BCUT2D eigenvalue weighted by molar-refractivity contribution is 7.91. The maximum Gasteiger partial charge on any atom is 0.180 e. The first kappa shape index (κ1) is 15.4. The van der Waals surface area contributed by atoms with Gasteiger partial charge in [-0.05, 0) is 12.5 Å². The second-order valence-electron chi connectivity index (χ2n) is 4.61. The summed E-state index contributed by atoms with van der Waals surface area (Å²) in [5.41, 5.74) is 2.29. The summed E-state index contributed by atoms with van der Waals surface area (Å²) in [6.07, 6.45) is 1.37. The van der Waals surface area contributed by atoms with Gasteiger partial charge in [-0.25, -0.2) is 8.42 Å². The van der Waals surface area contributed by atoms with Crippen molar-refractivity contribution in [2.75, 3.05) is 5.75 Å². The average Bonchev–Trinajstić information content (AvgIpc) is 2.47. The fourth-order valence-corrected chi connectivity index (χ4v) is 3.31. The third kappa shape index (κ3) is 2.89. The quantitative estimate of drug-likeness (QED) is 0.880. The van der Waals surface area contributed by atoms with E-state index in [-0.39, 0.29) is 20.9 Å². The van der Waals surface area contributed by atoms with Crippen molar-refractivity contribution in [1.82, 2.24) is 4.98 Å². The van der Waals surface area contributed by atoms with Gasteiger partial charge in [0.05, 0.1) is 16.2 Å². The number of H-pyrrole nitrogens is 1. The molecule has 0 aliphatic heterocycles. The Balaban J connectivity index is 2.91. The van der Waals surface area contributed by atoms with Crippen LogP contribution in [0.3, 0.4) is 0 Å². The van der Waals surface area contributed by atoms with Crippen LogP contribution in [0.4, 0.5) is 0 Å². The lowest BCUT2D eigenvalue weighted by atomic mass is 10.0. The zero-order chi connectivity index (χ0) is 15.6. The van der Waals surface area contributed by atoms with Crippen LogP contribution >= 0.6 is 12.2 Å². The first-order valence-electron chi connectivity index (χ1n) is 6.36. The van der Waals surface area contributed by atoms with Gasteiger partial charge in [-0.1, -0.05) is 49.0 Å². The number of nitrogens with zero attached hydrogens (tertiary/aromatic N) is 1. The number of rotatable bonds is 3. The summed E-state index contributed by atoms with van der Waals surface area (Å²) in [6.45, 7) is 3.51. The van der Waals surface area contributed by atoms with Crippen LogP contribution in [0, 0.1) is 22.9 Å². The van der Waals surface area contributed by atoms with Gasteiger partial charge in [-0.2, -0.15) is 5.26 Å². The monoisotopic (exact) mass is 318 g/mol. The molecular formula is C15H14N2O2S2. The van der Waals surface area contributed by atoms with Crippen molar-refractivity contribution in [3.8, 4) is 17.2 Å². The van der Waals surface area contributed by atoms with Gasteiger partial charge >= 0.3 is 0 Å². The smallest absolute Gasteiger partial charge is 0.180 e. The van der Waals surface area contributed by atoms with Gasteiger partial charge in [0, 0.05) is 11.8 Å². The number of hydrogen-bond acceptors (Lipinski definition) is 4. The first-order valence-corrected chi connectivity index (χ1v) is 8.42. The molecule has 2 rings (SSSR count). The van der Waals surface area contributed by atoms with Crippen molar-refractivity contribution in [2.45, 2.75) is 18.7 Å². The number of nitriles is 1. The van der Waals surface area contributed by atoms with Crippen LogP contribution < -0.4 is 0 Å². The molecule has 4 nitrogen and oxygen atoms in total. The van der Waals surface area contributed by atoms with Crippen molar-refractivity contribution in [1.29, 1.82) is 5.26 Å². The molecule has 0 spiro atoms. The maximum absolute atomic E-state index is 12.3. The molecule has 2 aromatic rings. The van der Waals surface area contributed by atoms with Crippen LogP contribution in [0.5, 0.6) is 0 Å².